The molecule has 5 heteroatoms. The summed E-state index contributed by atoms with van der Waals surface area (Å²) in [6.45, 7) is 7.73. The molecule has 0 heterocycles. The van der Waals surface area contributed by atoms with Gasteiger partial charge in [-0.25, -0.2) is 8.42 Å². The topological polar surface area (TPSA) is 55.4 Å². The molecule has 1 aliphatic carbocycles. The van der Waals surface area contributed by atoms with Gasteiger partial charge < -0.3 is 10.1 Å². The number of rotatable bonds is 7. The Hall–Kier alpha value is -0.130. The predicted molar refractivity (Wildman–Crippen MR) is 79.2 cm³/mol. The summed E-state index contributed by atoms with van der Waals surface area (Å²) in [5.74, 6) is 0.240. The molecule has 0 bridgehead atoms. The molecule has 0 aliphatic heterocycles. The number of hydrogen-bond donors (Lipinski definition) is 1. The Morgan fingerprint density at radius 3 is 2.63 bits per heavy atom. The molecule has 1 rings (SSSR count). The summed E-state index contributed by atoms with van der Waals surface area (Å²) in [7, 11) is -1.43. The third-order valence-corrected chi connectivity index (χ3v) is 6.47. The fourth-order valence-electron chi connectivity index (χ4n) is 3.15. The molecule has 114 valence electrons. The quantitative estimate of drug-likeness (QED) is 0.729. The van der Waals surface area contributed by atoms with Gasteiger partial charge in [-0.1, -0.05) is 27.2 Å². The van der Waals surface area contributed by atoms with E-state index in [0.717, 1.165) is 25.8 Å². The van der Waals surface area contributed by atoms with Gasteiger partial charge in [0.25, 0.3) is 0 Å². The van der Waals surface area contributed by atoms with Crippen molar-refractivity contribution in [3.8, 4) is 0 Å². The van der Waals surface area contributed by atoms with Crippen molar-refractivity contribution in [2.24, 2.45) is 5.41 Å². The molecule has 1 fully saturated rings. The van der Waals surface area contributed by atoms with E-state index in [1.807, 2.05) is 6.92 Å². The minimum Gasteiger partial charge on any atom is -0.385 e. The van der Waals surface area contributed by atoms with Crippen molar-refractivity contribution in [2.75, 3.05) is 26.0 Å². The smallest absolute Gasteiger partial charge is 0.154 e. The highest BCUT2D eigenvalue weighted by atomic mass is 32.2. The standard InChI is InChI=1S/C14H29NO3S/c1-5-15-13-12(8-6-9-14(13,2)3)19(16,17)11-7-10-18-4/h12-13,15H,5-11H2,1-4H3. The van der Waals surface area contributed by atoms with Crippen LogP contribution in [-0.2, 0) is 14.6 Å². The monoisotopic (exact) mass is 291 g/mol. The number of methoxy groups -OCH3 is 1. The van der Waals surface area contributed by atoms with Crippen LogP contribution in [0.25, 0.3) is 0 Å². The first-order valence-corrected chi connectivity index (χ1v) is 9.00. The molecule has 0 aromatic heterocycles. The van der Waals surface area contributed by atoms with Crippen molar-refractivity contribution >= 4 is 9.84 Å². The molecule has 2 atom stereocenters. The number of nitrogens with one attached hydrogen (secondary N) is 1. The van der Waals surface area contributed by atoms with Gasteiger partial charge in [0.15, 0.2) is 9.84 Å². The Labute approximate surface area is 118 Å². The van der Waals surface area contributed by atoms with E-state index in [9.17, 15) is 8.42 Å². The van der Waals surface area contributed by atoms with Gasteiger partial charge in [-0.2, -0.15) is 0 Å². The van der Waals surface area contributed by atoms with E-state index in [2.05, 4.69) is 19.2 Å². The maximum absolute atomic E-state index is 12.5. The lowest BCUT2D eigenvalue weighted by Gasteiger charge is -2.44. The third kappa shape index (κ3) is 4.43. The van der Waals surface area contributed by atoms with Crippen LogP contribution in [-0.4, -0.2) is 45.7 Å². The van der Waals surface area contributed by atoms with Gasteiger partial charge in [0.1, 0.15) is 0 Å². The second-order valence-electron chi connectivity index (χ2n) is 6.17. The Kier molecular flexibility index (Phi) is 6.27. The van der Waals surface area contributed by atoms with Gasteiger partial charge in [0, 0.05) is 19.8 Å². The van der Waals surface area contributed by atoms with Crippen molar-refractivity contribution in [3.05, 3.63) is 0 Å². The van der Waals surface area contributed by atoms with E-state index in [1.165, 1.54) is 0 Å². The van der Waals surface area contributed by atoms with E-state index in [0.29, 0.717) is 13.0 Å². The van der Waals surface area contributed by atoms with Crippen molar-refractivity contribution < 1.29 is 13.2 Å². The maximum Gasteiger partial charge on any atom is 0.154 e. The summed E-state index contributed by atoms with van der Waals surface area (Å²) in [6, 6.07) is 0.0683. The fraction of sp³-hybridized carbons (Fsp3) is 1.00. The van der Waals surface area contributed by atoms with Crippen molar-refractivity contribution in [2.45, 2.75) is 57.7 Å². The van der Waals surface area contributed by atoms with Gasteiger partial charge in [-0.15, -0.1) is 0 Å². The molecule has 2 unspecified atom stereocenters. The summed E-state index contributed by atoms with van der Waals surface area (Å²) < 4.78 is 30.0. The summed E-state index contributed by atoms with van der Waals surface area (Å²) in [4.78, 5) is 0. The van der Waals surface area contributed by atoms with E-state index in [1.54, 1.807) is 7.11 Å². The highest BCUT2D eigenvalue weighted by Gasteiger charge is 2.44. The van der Waals surface area contributed by atoms with Crippen LogP contribution in [0.15, 0.2) is 0 Å². The lowest BCUT2D eigenvalue weighted by Crippen LogP contribution is -2.55. The zero-order valence-electron chi connectivity index (χ0n) is 12.7. The van der Waals surface area contributed by atoms with Gasteiger partial charge in [0.05, 0.1) is 11.0 Å². The molecule has 0 saturated heterocycles. The predicted octanol–water partition coefficient (Wildman–Crippen LogP) is 1.99. The normalized spacial score (nSPS) is 27.4. The molecule has 1 saturated carbocycles. The highest BCUT2D eigenvalue weighted by Crippen LogP contribution is 2.38. The molecule has 0 aromatic rings. The molecule has 0 spiro atoms. The van der Waals surface area contributed by atoms with Crippen LogP contribution in [0.4, 0.5) is 0 Å². The van der Waals surface area contributed by atoms with Crippen LogP contribution in [0.1, 0.15) is 46.5 Å². The lowest BCUT2D eigenvalue weighted by molar-refractivity contribution is 0.172. The van der Waals surface area contributed by atoms with Crippen molar-refractivity contribution in [1.29, 1.82) is 0 Å². The number of ether oxygens (including phenoxy) is 1. The van der Waals surface area contributed by atoms with Gasteiger partial charge in [-0.05, 0) is 31.2 Å². The Morgan fingerprint density at radius 2 is 2.05 bits per heavy atom. The molecule has 1 N–H and O–H groups in total. The average molecular weight is 291 g/mol. The van der Waals surface area contributed by atoms with Gasteiger partial charge in [-0.3, -0.25) is 0 Å². The molecule has 19 heavy (non-hydrogen) atoms. The summed E-state index contributed by atoms with van der Waals surface area (Å²) in [5.41, 5.74) is 0.0489. The second kappa shape index (κ2) is 7.04. The number of hydrogen-bond acceptors (Lipinski definition) is 4. The minimum atomic E-state index is -3.04. The van der Waals surface area contributed by atoms with E-state index in [-0.39, 0.29) is 22.5 Å². The largest absolute Gasteiger partial charge is 0.385 e. The van der Waals surface area contributed by atoms with E-state index >= 15 is 0 Å². The highest BCUT2D eigenvalue weighted by molar-refractivity contribution is 7.92. The molecule has 4 nitrogen and oxygen atoms in total. The van der Waals surface area contributed by atoms with Crippen LogP contribution < -0.4 is 5.32 Å². The number of sulfone groups is 1. The summed E-state index contributed by atoms with van der Waals surface area (Å²) in [5, 5.41) is 3.17. The molecular weight excluding hydrogens is 262 g/mol. The summed E-state index contributed by atoms with van der Waals surface area (Å²) >= 11 is 0. The third-order valence-electron chi connectivity index (χ3n) is 4.19. The first-order valence-electron chi connectivity index (χ1n) is 7.29. The van der Waals surface area contributed by atoms with Crippen LogP contribution in [0, 0.1) is 5.41 Å². The SMILES string of the molecule is CCNC1C(S(=O)(=O)CCCOC)CCCC1(C)C. The first kappa shape index (κ1) is 16.9. The lowest BCUT2D eigenvalue weighted by atomic mass is 9.73. The van der Waals surface area contributed by atoms with Gasteiger partial charge in [0.2, 0.25) is 0 Å². The van der Waals surface area contributed by atoms with Crippen molar-refractivity contribution in [3.63, 3.8) is 0 Å². The van der Waals surface area contributed by atoms with Crippen molar-refractivity contribution in [1.82, 2.24) is 5.32 Å². The van der Waals surface area contributed by atoms with Crippen LogP contribution in [0.3, 0.4) is 0 Å². The Bertz CT molecular complexity index is 365. The molecule has 0 amide bonds. The van der Waals surface area contributed by atoms with Crippen LogP contribution >= 0.6 is 0 Å². The van der Waals surface area contributed by atoms with Crippen LogP contribution in [0.5, 0.6) is 0 Å². The van der Waals surface area contributed by atoms with E-state index < -0.39 is 9.84 Å². The fourth-order valence-corrected chi connectivity index (χ4v) is 5.38. The molecule has 0 radical (unpaired) electrons. The van der Waals surface area contributed by atoms with E-state index in [4.69, 9.17) is 4.74 Å². The minimum absolute atomic E-state index is 0.0489. The zero-order chi connectivity index (χ0) is 14.5. The van der Waals surface area contributed by atoms with Crippen LogP contribution in [0.2, 0.25) is 0 Å². The molecule has 1 aliphatic rings. The summed E-state index contributed by atoms with van der Waals surface area (Å²) in [6.07, 6.45) is 3.48. The Morgan fingerprint density at radius 1 is 1.37 bits per heavy atom. The first-order chi connectivity index (χ1) is 8.85. The Balaban J connectivity index is 2.82. The molecule has 0 aromatic carbocycles. The zero-order valence-corrected chi connectivity index (χ0v) is 13.6. The molecular formula is C14H29NO3S. The average Bonchev–Trinajstić information content (AvgIpc) is 2.31. The maximum atomic E-state index is 12.5. The second-order valence-corrected chi connectivity index (χ2v) is 8.51. The van der Waals surface area contributed by atoms with Gasteiger partial charge >= 0.3 is 0 Å².